The fraction of sp³-hybridized carbons (Fsp3) is 0.500. The number of amides is 1. The standard InChI is InChI=1S/C14H19N3O12P2/c15-11(19)2-1-8-6-17(14(21)16-13(8)20)12-5-9(10(28-12)7-26-30(22)23)29-31(24,25)27-4-3-18/h1-2,6,9-10,12,18H,3-5,7H2,(H2,15,19)(H,24,25)(H,16,20,21)/b2-1+. The Labute approximate surface area is 174 Å². The number of hydrogen-bond donors (Lipinski definition) is 4. The van der Waals surface area contributed by atoms with Gasteiger partial charge < -0.3 is 25.4 Å². The second-order valence-corrected chi connectivity index (χ2v) is 8.15. The number of carbonyl (C=O) groups is 1. The van der Waals surface area contributed by atoms with Gasteiger partial charge in [0, 0.05) is 18.7 Å². The number of nitrogens with one attached hydrogen (secondary N) is 1. The summed E-state index contributed by atoms with van der Waals surface area (Å²) in [4.78, 5) is 57.4. The third kappa shape index (κ3) is 7.54. The zero-order chi connectivity index (χ0) is 23.2. The van der Waals surface area contributed by atoms with E-state index in [9.17, 15) is 33.3 Å². The Morgan fingerprint density at radius 2 is 2.23 bits per heavy atom. The van der Waals surface area contributed by atoms with E-state index in [4.69, 9.17) is 20.1 Å². The van der Waals surface area contributed by atoms with Crippen molar-refractivity contribution >= 4 is 28.1 Å². The van der Waals surface area contributed by atoms with Gasteiger partial charge in [0.1, 0.15) is 25.0 Å². The lowest BCUT2D eigenvalue weighted by Gasteiger charge is -2.19. The van der Waals surface area contributed by atoms with Crippen molar-refractivity contribution in [3.8, 4) is 0 Å². The molecule has 0 aliphatic carbocycles. The normalized spacial score (nSPS) is 23.7. The Balaban J connectivity index is 2.31. The van der Waals surface area contributed by atoms with E-state index in [1.54, 1.807) is 0 Å². The number of aromatic amines is 1. The van der Waals surface area contributed by atoms with Crippen LogP contribution in [-0.4, -0.2) is 57.5 Å². The second-order valence-electron chi connectivity index (χ2n) is 6.04. The summed E-state index contributed by atoms with van der Waals surface area (Å²) < 4.78 is 43.1. The van der Waals surface area contributed by atoms with Gasteiger partial charge in [-0.25, -0.2) is 9.36 Å². The van der Waals surface area contributed by atoms with Crippen molar-refractivity contribution in [3.63, 3.8) is 0 Å². The minimum absolute atomic E-state index is 0.124. The molecule has 1 saturated heterocycles. The smallest absolute Gasteiger partial charge is 0.488 e. The number of nitrogens with two attached hydrogens (primary N) is 1. The Morgan fingerprint density at radius 3 is 2.84 bits per heavy atom. The van der Waals surface area contributed by atoms with Crippen LogP contribution >= 0.6 is 16.1 Å². The summed E-state index contributed by atoms with van der Waals surface area (Å²) in [6, 6.07) is 0. The molecule has 0 bridgehead atoms. The van der Waals surface area contributed by atoms with Crippen molar-refractivity contribution in [3.05, 3.63) is 38.7 Å². The third-order valence-electron chi connectivity index (χ3n) is 3.87. The highest BCUT2D eigenvalue weighted by atomic mass is 31.2. The van der Waals surface area contributed by atoms with Gasteiger partial charge in [-0.1, -0.05) is 0 Å². The van der Waals surface area contributed by atoms with Gasteiger partial charge in [-0.2, -0.15) is 0 Å². The van der Waals surface area contributed by atoms with Crippen LogP contribution < -0.4 is 21.9 Å². The van der Waals surface area contributed by atoms with E-state index >= 15 is 0 Å². The minimum atomic E-state index is -4.67. The largest absolute Gasteiger partial charge is 0.566 e. The molecule has 1 aromatic heterocycles. The fourth-order valence-electron chi connectivity index (χ4n) is 2.63. The highest BCUT2D eigenvalue weighted by Crippen LogP contribution is 2.48. The lowest BCUT2D eigenvalue weighted by Crippen LogP contribution is -2.33. The maximum Gasteiger partial charge on any atom is 0.488 e. The van der Waals surface area contributed by atoms with Gasteiger partial charge in [0.05, 0.1) is 18.8 Å². The van der Waals surface area contributed by atoms with Gasteiger partial charge in [-0.15, -0.1) is 4.52 Å². The summed E-state index contributed by atoms with van der Waals surface area (Å²) in [7, 11) is -7.94. The number of phosphoric acid groups is 1. The zero-order valence-electron chi connectivity index (χ0n) is 15.7. The number of aromatic nitrogens is 2. The number of aliphatic hydroxyl groups is 1. The van der Waals surface area contributed by atoms with E-state index in [0.29, 0.717) is 0 Å². The first kappa shape index (κ1) is 25.2. The number of H-pyrrole nitrogens is 1. The zero-order valence-corrected chi connectivity index (χ0v) is 17.5. The van der Waals surface area contributed by atoms with Gasteiger partial charge in [0.2, 0.25) is 5.91 Å². The van der Waals surface area contributed by atoms with Gasteiger partial charge in [-0.3, -0.25) is 28.2 Å². The molecule has 31 heavy (non-hydrogen) atoms. The molecule has 2 rings (SSSR count). The number of aliphatic hydroxyl groups excluding tert-OH is 1. The summed E-state index contributed by atoms with van der Waals surface area (Å²) in [5.74, 6) is -0.840. The lowest BCUT2D eigenvalue weighted by molar-refractivity contribution is -0.188. The second kappa shape index (κ2) is 11.0. The molecule has 1 aliphatic rings. The molecule has 172 valence electrons. The Bertz CT molecular complexity index is 1000. The maximum atomic E-state index is 12.2. The van der Waals surface area contributed by atoms with E-state index in [-0.39, 0.29) is 12.0 Å². The maximum absolute atomic E-state index is 12.2. The highest BCUT2D eigenvalue weighted by molar-refractivity contribution is 7.47. The monoisotopic (exact) mass is 483 g/mol. The summed E-state index contributed by atoms with van der Waals surface area (Å²) in [5.41, 5.74) is 3.13. The topological polar surface area (TPSA) is 233 Å². The molecule has 17 heteroatoms. The number of rotatable bonds is 11. The average molecular weight is 483 g/mol. The molecular formula is C14H19N3O12P2. The molecule has 0 radical (unpaired) electrons. The molecule has 0 spiro atoms. The van der Waals surface area contributed by atoms with Crippen LogP contribution in [0, 0.1) is 0 Å². The predicted molar refractivity (Wildman–Crippen MR) is 99.4 cm³/mol. The molecule has 1 fully saturated rings. The van der Waals surface area contributed by atoms with Gasteiger partial charge >= 0.3 is 21.8 Å². The van der Waals surface area contributed by atoms with E-state index in [0.717, 1.165) is 22.9 Å². The minimum Gasteiger partial charge on any atom is -0.566 e. The van der Waals surface area contributed by atoms with Crippen LogP contribution in [0.1, 0.15) is 18.2 Å². The van der Waals surface area contributed by atoms with Crippen LogP contribution in [0.3, 0.4) is 0 Å². The first-order valence-corrected chi connectivity index (χ1v) is 11.1. The van der Waals surface area contributed by atoms with Crippen molar-refractivity contribution < 1.29 is 47.1 Å². The summed E-state index contributed by atoms with van der Waals surface area (Å²) >= 11 is 0. The third-order valence-corrected chi connectivity index (χ3v) is 5.28. The van der Waals surface area contributed by atoms with Crippen LogP contribution in [0.5, 0.6) is 0 Å². The number of nitrogens with zero attached hydrogens (tertiary/aromatic N) is 1. The number of phosphoric ester groups is 1. The molecule has 0 aromatic carbocycles. The Kier molecular flexibility index (Phi) is 8.94. The summed E-state index contributed by atoms with van der Waals surface area (Å²) in [6.45, 7) is -1.67. The van der Waals surface area contributed by atoms with Crippen LogP contribution in [0.2, 0.25) is 0 Å². The van der Waals surface area contributed by atoms with Crippen LogP contribution in [-0.2, 0) is 32.2 Å². The molecule has 1 aliphatic heterocycles. The molecule has 1 amide bonds. The van der Waals surface area contributed by atoms with Crippen molar-refractivity contribution in [2.75, 3.05) is 19.8 Å². The predicted octanol–water partition coefficient (Wildman–Crippen LogP) is -2.15. The van der Waals surface area contributed by atoms with E-state index in [1.165, 1.54) is 0 Å². The van der Waals surface area contributed by atoms with Gasteiger partial charge in [0.25, 0.3) is 5.56 Å². The fourth-order valence-corrected chi connectivity index (χ4v) is 3.84. The molecule has 5 N–H and O–H groups in total. The van der Waals surface area contributed by atoms with Crippen LogP contribution in [0.4, 0.5) is 0 Å². The molecule has 5 unspecified atom stereocenters. The van der Waals surface area contributed by atoms with Crippen LogP contribution in [0.15, 0.2) is 21.9 Å². The van der Waals surface area contributed by atoms with Crippen molar-refractivity contribution in [1.82, 2.24) is 9.55 Å². The first-order valence-electron chi connectivity index (χ1n) is 8.54. The molecule has 15 nitrogen and oxygen atoms in total. The summed E-state index contributed by atoms with van der Waals surface area (Å²) in [6.07, 6.45) is -0.901. The summed E-state index contributed by atoms with van der Waals surface area (Å²) in [5, 5.41) is 8.71. The number of hydrogen-bond acceptors (Lipinski definition) is 11. The lowest BCUT2D eigenvalue weighted by atomic mass is 10.2. The van der Waals surface area contributed by atoms with Crippen LogP contribution in [0.25, 0.3) is 6.08 Å². The van der Waals surface area contributed by atoms with Crippen molar-refractivity contribution in [2.24, 2.45) is 5.73 Å². The highest BCUT2D eigenvalue weighted by Gasteiger charge is 2.43. The number of carbonyl (C=O) groups excluding carboxylic acids is 1. The molecule has 0 saturated carbocycles. The Morgan fingerprint density at radius 1 is 1.52 bits per heavy atom. The molecule has 1 aromatic rings. The Hall–Kier alpha value is -2.06. The van der Waals surface area contributed by atoms with Gasteiger partial charge in [-0.05, 0) is 10.6 Å². The van der Waals surface area contributed by atoms with Crippen molar-refractivity contribution in [2.45, 2.75) is 24.9 Å². The molecule has 5 atom stereocenters. The van der Waals surface area contributed by atoms with Crippen molar-refractivity contribution in [1.29, 1.82) is 0 Å². The quantitative estimate of drug-likeness (QED) is 0.195. The number of primary amides is 1. The van der Waals surface area contributed by atoms with E-state index in [1.807, 2.05) is 4.98 Å². The van der Waals surface area contributed by atoms with E-state index in [2.05, 4.69) is 9.05 Å². The van der Waals surface area contributed by atoms with E-state index < -0.39 is 71.5 Å². The number of ether oxygens (including phenoxy) is 1. The SMILES string of the molecule is NC(=O)/C=C/c1cn(C2CC(OP(=O)(O)OCCO)C(CO[P+](=O)[O-])O2)c(=O)[nH]c1=O. The van der Waals surface area contributed by atoms with Gasteiger partial charge in [0.15, 0.2) is 0 Å². The molecular weight excluding hydrogens is 464 g/mol. The molecule has 2 heterocycles. The average Bonchev–Trinajstić information content (AvgIpc) is 3.05. The first-order chi connectivity index (χ1) is 14.5.